The van der Waals surface area contributed by atoms with E-state index in [-0.39, 0.29) is 18.5 Å². The second-order valence-electron chi connectivity index (χ2n) is 7.09. The molecule has 0 heterocycles. The van der Waals surface area contributed by atoms with Crippen molar-refractivity contribution in [1.82, 2.24) is 0 Å². The second-order valence-corrected chi connectivity index (χ2v) is 7.09. The first-order chi connectivity index (χ1) is 11.5. The van der Waals surface area contributed by atoms with E-state index in [1.54, 1.807) is 0 Å². The molecule has 0 aromatic carbocycles. The first-order valence-electron chi connectivity index (χ1n) is 9.62. The lowest BCUT2D eigenvalue weighted by Gasteiger charge is -2.25. The van der Waals surface area contributed by atoms with E-state index in [9.17, 15) is 14.7 Å². The van der Waals surface area contributed by atoms with Crippen LogP contribution < -0.4 is 0 Å². The number of aliphatic hydroxyl groups excluding tert-OH is 1. The fraction of sp³-hybridized carbons (Fsp3) is 0.895. The minimum absolute atomic E-state index is 0.0307. The van der Waals surface area contributed by atoms with Crippen molar-refractivity contribution in [3.8, 4) is 0 Å². The maximum Gasteiger partial charge on any atom is 0.309 e. The zero-order valence-corrected chi connectivity index (χ0v) is 15.0. The van der Waals surface area contributed by atoms with Gasteiger partial charge in [-0.25, -0.2) is 0 Å². The average Bonchev–Trinajstić information content (AvgIpc) is 2.59. The number of ether oxygens (including phenoxy) is 1. The summed E-state index contributed by atoms with van der Waals surface area (Å²) < 4.78 is 5.20. The number of unbranched alkanes of at least 4 members (excludes halogenated alkanes) is 6. The fourth-order valence-corrected chi connectivity index (χ4v) is 3.34. The largest absolute Gasteiger partial charge is 0.481 e. The van der Waals surface area contributed by atoms with Crippen LogP contribution in [0.3, 0.4) is 0 Å². The zero-order valence-electron chi connectivity index (χ0n) is 15.0. The van der Waals surface area contributed by atoms with Gasteiger partial charge in [-0.2, -0.15) is 0 Å². The molecule has 1 saturated carbocycles. The van der Waals surface area contributed by atoms with E-state index in [0.29, 0.717) is 25.7 Å². The van der Waals surface area contributed by atoms with Crippen LogP contribution in [0.25, 0.3) is 0 Å². The summed E-state index contributed by atoms with van der Waals surface area (Å²) >= 11 is 0. The summed E-state index contributed by atoms with van der Waals surface area (Å²) in [5.41, 5.74) is 0. The lowest BCUT2D eigenvalue weighted by molar-refractivity contribution is -0.155. The Morgan fingerprint density at radius 1 is 1.04 bits per heavy atom. The summed E-state index contributed by atoms with van der Waals surface area (Å²) in [6, 6.07) is 0. The van der Waals surface area contributed by atoms with E-state index in [1.807, 2.05) is 0 Å². The van der Waals surface area contributed by atoms with Gasteiger partial charge in [-0.1, -0.05) is 58.3 Å². The molecule has 24 heavy (non-hydrogen) atoms. The number of esters is 1. The molecule has 3 unspecified atom stereocenters. The molecule has 1 rings (SSSR count). The van der Waals surface area contributed by atoms with Gasteiger partial charge in [0, 0.05) is 0 Å². The van der Waals surface area contributed by atoms with Gasteiger partial charge in [0.05, 0.1) is 17.9 Å². The number of carbonyl (C=O) groups is 2. The lowest BCUT2D eigenvalue weighted by atomic mass is 9.81. The summed E-state index contributed by atoms with van der Waals surface area (Å²) in [5, 5.41) is 19.0. The highest BCUT2D eigenvalue weighted by atomic mass is 16.5. The van der Waals surface area contributed by atoms with Crippen molar-refractivity contribution in [2.75, 3.05) is 6.61 Å². The Morgan fingerprint density at radius 2 is 1.67 bits per heavy atom. The highest BCUT2D eigenvalue weighted by Crippen LogP contribution is 2.30. The van der Waals surface area contributed by atoms with Crippen LogP contribution in [0, 0.1) is 11.8 Å². The van der Waals surface area contributed by atoms with Crippen molar-refractivity contribution in [2.45, 2.75) is 90.1 Å². The third-order valence-electron chi connectivity index (χ3n) is 4.92. The highest BCUT2D eigenvalue weighted by molar-refractivity contribution is 5.75. The van der Waals surface area contributed by atoms with Crippen molar-refractivity contribution in [3.63, 3.8) is 0 Å². The Labute approximate surface area is 145 Å². The molecule has 0 aromatic rings. The molecule has 5 nitrogen and oxygen atoms in total. The Hall–Kier alpha value is -1.10. The van der Waals surface area contributed by atoms with Gasteiger partial charge in [0.25, 0.3) is 0 Å². The molecule has 1 fully saturated rings. The van der Waals surface area contributed by atoms with Crippen LogP contribution in [-0.2, 0) is 14.3 Å². The molecule has 0 bridgehead atoms. The van der Waals surface area contributed by atoms with Crippen molar-refractivity contribution < 1.29 is 24.5 Å². The molecule has 5 heteroatoms. The van der Waals surface area contributed by atoms with Crippen LogP contribution in [0.2, 0.25) is 0 Å². The zero-order chi connectivity index (χ0) is 17.8. The molecular formula is C19H34O5. The van der Waals surface area contributed by atoms with Crippen LogP contribution in [-0.4, -0.2) is 34.9 Å². The van der Waals surface area contributed by atoms with Gasteiger partial charge in [-0.3, -0.25) is 9.59 Å². The second kappa shape index (κ2) is 12.3. The Balaban J connectivity index is 2.09. The van der Waals surface area contributed by atoms with Crippen LogP contribution in [0.15, 0.2) is 0 Å². The third kappa shape index (κ3) is 8.67. The maximum absolute atomic E-state index is 12.0. The number of carbonyl (C=O) groups excluding carboxylic acids is 1. The predicted octanol–water partition coefficient (Wildman–Crippen LogP) is 3.92. The van der Waals surface area contributed by atoms with Crippen molar-refractivity contribution in [2.24, 2.45) is 11.8 Å². The highest BCUT2D eigenvalue weighted by Gasteiger charge is 2.32. The van der Waals surface area contributed by atoms with Crippen molar-refractivity contribution in [1.29, 1.82) is 0 Å². The van der Waals surface area contributed by atoms with E-state index in [1.165, 1.54) is 32.1 Å². The fourth-order valence-electron chi connectivity index (χ4n) is 3.34. The first-order valence-corrected chi connectivity index (χ1v) is 9.62. The summed E-state index contributed by atoms with van der Waals surface area (Å²) in [4.78, 5) is 23.0. The van der Waals surface area contributed by atoms with Gasteiger partial charge in [0.15, 0.2) is 0 Å². The van der Waals surface area contributed by atoms with Crippen molar-refractivity contribution in [3.05, 3.63) is 0 Å². The molecule has 140 valence electrons. The molecule has 0 saturated heterocycles. The van der Waals surface area contributed by atoms with Crippen LogP contribution >= 0.6 is 0 Å². The Morgan fingerprint density at radius 3 is 2.33 bits per heavy atom. The number of hydrogen-bond acceptors (Lipinski definition) is 4. The topological polar surface area (TPSA) is 83.8 Å². The summed E-state index contributed by atoms with van der Waals surface area (Å²) in [6.45, 7) is 2.23. The smallest absolute Gasteiger partial charge is 0.309 e. The molecule has 1 aliphatic rings. The minimum Gasteiger partial charge on any atom is -0.481 e. The molecule has 0 aromatic heterocycles. The predicted molar refractivity (Wildman–Crippen MR) is 92.7 cm³/mol. The number of carboxylic acid groups (broad SMARTS) is 1. The molecule has 1 aliphatic carbocycles. The lowest BCUT2D eigenvalue weighted by Crippen LogP contribution is -2.30. The average molecular weight is 342 g/mol. The molecule has 0 amide bonds. The van der Waals surface area contributed by atoms with Crippen LogP contribution in [0.5, 0.6) is 0 Å². The Kier molecular flexibility index (Phi) is 10.7. The van der Waals surface area contributed by atoms with Gasteiger partial charge in [0.1, 0.15) is 6.61 Å². The quantitative estimate of drug-likeness (QED) is 0.415. The molecule has 3 atom stereocenters. The van der Waals surface area contributed by atoms with Crippen LogP contribution in [0.1, 0.15) is 84.0 Å². The van der Waals surface area contributed by atoms with Gasteiger partial charge in [-0.05, 0) is 25.7 Å². The standard InChI is InChI=1S/C19H34O5/c1-2-3-4-5-6-7-8-12-17(20)14-24-19(23)16-11-9-10-15(13-16)18(21)22/h15-17,20H,2-14H2,1H3,(H,21,22). The first kappa shape index (κ1) is 20.9. The van der Waals surface area contributed by atoms with E-state index in [4.69, 9.17) is 9.84 Å². The number of aliphatic carboxylic acids is 1. The number of aliphatic hydroxyl groups is 1. The van der Waals surface area contributed by atoms with Crippen LogP contribution in [0.4, 0.5) is 0 Å². The van der Waals surface area contributed by atoms with Gasteiger partial charge in [-0.15, -0.1) is 0 Å². The number of carboxylic acids is 1. The van der Waals surface area contributed by atoms with E-state index < -0.39 is 18.0 Å². The molecule has 0 radical (unpaired) electrons. The van der Waals surface area contributed by atoms with E-state index >= 15 is 0 Å². The number of rotatable bonds is 12. The number of hydrogen-bond donors (Lipinski definition) is 2. The Bertz CT molecular complexity index is 369. The molecular weight excluding hydrogens is 308 g/mol. The van der Waals surface area contributed by atoms with Gasteiger partial charge >= 0.3 is 11.9 Å². The van der Waals surface area contributed by atoms with E-state index in [2.05, 4.69) is 6.92 Å². The maximum atomic E-state index is 12.0. The van der Waals surface area contributed by atoms with Crippen molar-refractivity contribution >= 4 is 11.9 Å². The third-order valence-corrected chi connectivity index (χ3v) is 4.92. The minimum atomic E-state index is -0.827. The SMILES string of the molecule is CCCCCCCCCC(O)COC(=O)C1CCCC(C(=O)O)C1. The van der Waals surface area contributed by atoms with E-state index in [0.717, 1.165) is 19.3 Å². The normalized spacial score (nSPS) is 22.1. The summed E-state index contributed by atoms with van der Waals surface area (Å²) in [6.07, 6.45) is 10.8. The van der Waals surface area contributed by atoms with Gasteiger partial charge < -0.3 is 14.9 Å². The molecule has 0 spiro atoms. The van der Waals surface area contributed by atoms with Gasteiger partial charge in [0.2, 0.25) is 0 Å². The monoisotopic (exact) mass is 342 g/mol. The molecule has 2 N–H and O–H groups in total. The molecule has 0 aliphatic heterocycles. The summed E-state index contributed by atoms with van der Waals surface area (Å²) in [5.74, 6) is -1.94. The summed E-state index contributed by atoms with van der Waals surface area (Å²) in [7, 11) is 0.